The van der Waals surface area contributed by atoms with Crippen molar-refractivity contribution in [3.05, 3.63) is 17.5 Å². The summed E-state index contributed by atoms with van der Waals surface area (Å²) in [4.78, 5) is 22.7. The number of carboxylic acid groups (broad SMARTS) is 1. The van der Waals surface area contributed by atoms with Crippen molar-refractivity contribution in [1.29, 1.82) is 0 Å². The monoisotopic (exact) mass is 238 g/mol. The Morgan fingerprint density at radius 3 is 2.71 bits per heavy atom. The molecule has 1 aliphatic rings. The summed E-state index contributed by atoms with van der Waals surface area (Å²) < 4.78 is 4.84. The lowest BCUT2D eigenvalue weighted by Gasteiger charge is -2.38. The van der Waals surface area contributed by atoms with E-state index >= 15 is 0 Å². The Hall–Kier alpha value is -1.85. The fourth-order valence-electron chi connectivity index (χ4n) is 1.90. The van der Waals surface area contributed by atoms with Crippen LogP contribution in [0.5, 0.6) is 0 Å². The Bertz CT molecular complexity index is 448. The second kappa shape index (κ2) is 4.20. The van der Waals surface area contributed by atoms with Gasteiger partial charge in [0.2, 0.25) is 5.91 Å². The first-order valence-electron chi connectivity index (χ1n) is 5.48. The van der Waals surface area contributed by atoms with Crippen molar-refractivity contribution >= 4 is 11.9 Å². The molecule has 1 aliphatic carbocycles. The lowest BCUT2D eigenvalue weighted by Crippen LogP contribution is -2.59. The average Bonchev–Trinajstić information content (AvgIpc) is 2.57. The molecular formula is C11H14N2O4. The second-order valence-corrected chi connectivity index (χ2v) is 4.39. The van der Waals surface area contributed by atoms with Gasteiger partial charge in [-0.15, -0.1) is 0 Å². The highest BCUT2D eigenvalue weighted by Gasteiger charge is 2.45. The van der Waals surface area contributed by atoms with Gasteiger partial charge in [0.25, 0.3) is 0 Å². The number of rotatable bonds is 4. The van der Waals surface area contributed by atoms with Gasteiger partial charge in [0.05, 0.1) is 12.1 Å². The fraction of sp³-hybridized carbons (Fsp3) is 0.545. The molecule has 0 spiro atoms. The van der Waals surface area contributed by atoms with Crippen LogP contribution in [0, 0.1) is 6.92 Å². The Balaban J connectivity index is 1.95. The lowest BCUT2D eigenvalue weighted by molar-refractivity contribution is -0.151. The number of aryl methyl sites for hydroxylation is 1. The third kappa shape index (κ3) is 2.30. The molecule has 2 rings (SSSR count). The summed E-state index contributed by atoms with van der Waals surface area (Å²) in [6, 6.07) is 1.66. The third-order valence-electron chi connectivity index (χ3n) is 3.01. The summed E-state index contributed by atoms with van der Waals surface area (Å²) in [5.41, 5.74) is -0.546. The average molecular weight is 238 g/mol. The number of amides is 1. The zero-order chi connectivity index (χ0) is 12.5. The Kier molecular flexibility index (Phi) is 2.87. The van der Waals surface area contributed by atoms with Gasteiger partial charge < -0.3 is 14.9 Å². The largest absolute Gasteiger partial charge is 0.480 e. The molecule has 6 nitrogen and oxygen atoms in total. The maximum absolute atomic E-state index is 11.7. The predicted octanol–water partition coefficient (Wildman–Crippen LogP) is 0.649. The normalized spacial score (nSPS) is 17.2. The van der Waals surface area contributed by atoms with E-state index in [1.165, 1.54) is 0 Å². The van der Waals surface area contributed by atoms with Crippen LogP contribution in [0.4, 0.5) is 0 Å². The molecule has 0 saturated heterocycles. The molecule has 17 heavy (non-hydrogen) atoms. The van der Waals surface area contributed by atoms with Crippen LogP contribution in [0.15, 0.2) is 10.6 Å². The van der Waals surface area contributed by atoms with E-state index in [0.717, 1.165) is 6.42 Å². The minimum Gasteiger partial charge on any atom is -0.480 e. The van der Waals surface area contributed by atoms with Crippen LogP contribution in [0.2, 0.25) is 0 Å². The van der Waals surface area contributed by atoms with Crippen molar-refractivity contribution in [2.75, 3.05) is 0 Å². The molecule has 1 saturated carbocycles. The molecule has 1 amide bonds. The maximum atomic E-state index is 11.7. The maximum Gasteiger partial charge on any atom is 0.329 e. The number of nitrogens with zero attached hydrogens (tertiary/aromatic N) is 1. The molecule has 1 heterocycles. The molecule has 0 atom stereocenters. The van der Waals surface area contributed by atoms with Crippen molar-refractivity contribution < 1.29 is 19.2 Å². The van der Waals surface area contributed by atoms with E-state index < -0.39 is 11.5 Å². The summed E-state index contributed by atoms with van der Waals surface area (Å²) in [5, 5.41) is 15.3. The predicted molar refractivity (Wildman–Crippen MR) is 57.3 cm³/mol. The number of hydrogen-bond acceptors (Lipinski definition) is 4. The van der Waals surface area contributed by atoms with Gasteiger partial charge in [0.1, 0.15) is 11.3 Å². The van der Waals surface area contributed by atoms with Crippen molar-refractivity contribution in [1.82, 2.24) is 10.5 Å². The summed E-state index contributed by atoms with van der Waals surface area (Å²) >= 11 is 0. The van der Waals surface area contributed by atoms with Crippen LogP contribution in [0.25, 0.3) is 0 Å². The highest BCUT2D eigenvalue weighted by Crippen LogP contribution is 2.32. The van der Waals surface area contributed by atoms with Crippen molar-refractivity contribution in [2.45, 2.75) is 38.1 Å². The second-order valence-electron chi connectivity index (χ2n) is 4.39. The van der Waals surface area contributed by atoms with Crippen LogP contribution in [0.1, 0.15) is 30.7 Å². The van der Waals surface area contributed by atoms with Gasteiger partial charge in [-0.1, -0.05) is 5.16 Å². The zero-order valence-electron chi connectivity index (χ0n) is 9.52. The molecule has 0 aromatic carbocycles. The molecule has 0 aliphatic heterocycles. The van der Waals surface area contributed by atoms with E-state index in [-0.39, 0.29) is 12.3 Å². The number of carbonyl (C=O) groups is 2. The van der Waals surface area contributed by atoms with Crippen LogP contribution in [0.3, 0.4) is 0 Å². The summed E-state index contributed by atoms with van der Waals surface area (Å²) in [6.07, 6.45) is 1.86. The summed E-state index contributed by atoms with van der Waals surface area (Å²) in [6.45, 7) is 1.74. The lowest BCUT2D eigenvalue weighted by atomic mass is 9.76. The van der Waals surface area contributed by atoms with Crippen molar-refractivity contribution in [3.8, 4) is 0 Å². The molecule has 6 heteroatoms. The van der Waals surface area contributed by atoms with E-state index in [9.17, 15) is 9.59 Å². The number of aliphatic carboxylic acids is 1. The standard InChI is InChI=1S/C11H14N2O4/c1-7-5-8(13-17-7)6-9(14)12-11(10(15)16)3-2-4-11/h5H,2-4,6H2,1H3,(H,12,14)(H,15,16). The molecular weight excluding hydrogens is 224 g/mol. The Labute approximate surface area is 98.0 Å². The molecule has 0 bridgehead atoms. The number of hydrogen-bond donors (Lipinski definition) is 2. The van der Waals surface area contributed by atoms with Gasteiger partial charge >= 0.3 is 5.97 Å². The fourth-order valence-corrected chi connectivity index (χ4v) is 1.90. The molecule has 0 unspecified atom stereocenters. The number of carbonyl (C=O) groups excluding carboxylic acids is 1. The first-order chi connectivity index (χ1) is 8.02. The van der Waals surface area contributed by atoms with Crippen LogP contribution in [-0.4, -0.2) is 27.7 Å². The number of aromatic nitrogens is 1. The highest BCUT2D eigenvalue weighted by atomic mass is 16.5. The smallest absolute Gasteiger partial charge is 0.329 e. The van der Waals surface area contributed by atoms with Crippen molar-refractivity contribution in [3.63, 3.8) is 0 Å². The number of nitrogens with one attached hydrogen (secondary N) is 1. The summed E-state index contributed by atoms with van der Waals surface area (Å²) in [5.74, 6) is -0.668. The van der Waals surface area contributed by atoms with Gasteiger partial charge in [-0.2, -0.15) is 0 Å². The SMILES string of the molecule is Cc1cc(CC(=O)NC2(C(=O)O)CCC2)no1. The molecule has 92 valence electrons. The van der Waals surface area contributed by atoms with Gasteiger partial charge in [-0.05, 0) is 26.2 Å². The minimum atomic E-state index is -1.06. The molecule has 1 fully saturated rings. The Morgan fingerprint density at radius 1 is 1.59 bits per heavy atom. The van der Waals surface area contributed by atoms with E-state index in [2.05, 4.69) is 10.5 Å². The van der Waals surface area contributed by atoms with Gasteiger partial charge in [-0.25, -0.2) is 4.79 Å². The van der Waals surface area contributed by atoms with Crippen molar-refractivity contribution in [2.24, 2.45) is 0 Å². The van der Waals surface area contributed by atoms with E-state index in [1.54, 1.807) is 13.0 Å². The van der Waals surface area contributed by atoms with Gasteiger partial charge in [-0.3, -0.25) is 4.79 Å². The quantitative estimate of drug-likeness (QED) is 0.803. The molecule has 1 aromatic rings. The van der Waals surface area contributed by atoms with Crippen LogP contribution in [-0.2, 0) is 16.0 Å². The van der Waals surface area contributed by atoms with E-state index in [0.29, 0.717) is 24.3 Å². The van der Waals surface area contributed by atoms with Gasteiger partial charge in [0, 0.05) is 6.07 Å². The first kappa shape index (κ1) is 11.6. The third-order valence-corrected chi connectivity index (χ3v) is 3.01. The Morgan fingerprint density at radius 2 is 2.29 bits per heavy atom. The zero-order valence-corrected chi connectivity index (χ0v) is 9.52. The molecule has 1 aromatic heterocycles. The summed E-state index contributed by atoms with van der Waals surface area (Å²) in [7, 11) is 0. The van der Waals surface area contributed by atoms with Gasteiger partial charge in [0.15, 0.2) is 0 Å². The van der Waals surface area contributed by atoms with Crippen LogP contribution >= 0.6 is 0 Å². The minimum absolute atomic E-state index is 0.0480. The topological polar surface area (TPSA) is 92.4 Å². The molecule has 2 N–H and O–H groups in total. The molecule has 0 radical (unpaired) electrons. The highest BCUT2D eigenvalue weighted by molar-refractivity contribution is 5.88. The van der Waals surface area contributed by atoms with Crippen LogP contribution < -0.4 is 5.32 Å². The number of carboxylic acids is 1. The van der Waals surface area contributed by atoms with E-state index in [4.69, 9.17) is 9.63 Å². The van der Waals surface area contributed by atoms with E-state index in [1.807, 2.05) is 0 Å². The first-order valence-corrected chi connectivity index (χ1v) is 5.48.